The molecule has 2 unspecified atom stereocenters. The fourth-order valence-corrected chi connectivity index (χ4v) is 2.25. The Balaban J connectivity index is 2.60. The summed E-state index contributed by atoms with van der Waals surface area (Å²) >= 11 is 9.14. The first-order valence-electron chi connectivity index (χ1n) is 6.43. The smallest absolute Gasteiger partial charge is 0.328 e. The van der Waals surface area contributed by atoms with Crippen LogP contribution in [0.4, 0.5) is 0 Å². The predicted octanol–water partition coefficient (Wildman–Crippen LogP) is 2.94. The minimum Gasteiger partial charge on any atom is -0.480 e. The molecule has 0 aliphatic heterocycles. The molecule has 7 heteroatoms. The first kappa shape index (κ1) is 17.8. The van der Waals surface area contributed by atoms with Crippen LogP contribution in [0, 0.1) is 0 Å². The van der Waals surface area contributed by atoms with E-state index in [1.807, 2.05) is 0 Å². The number of hydrogen-bond acceptors (Lipinski definition) is 4. The molecule has 0 saturated carbocycles. The normalized spacial score (nSPS) is 13.2. The molecule has 0 bridgehead atoms. The Morgan fingerprint density at radius 2 is 2.05 bits per heavy atom. The Labute approximate surface area is 137 Å². The molecule has 1 aromatic rings. The molecule has 0 aliphatic rings. The molecule has 0 saturated heterocycles. The Hall–Kier alpha value is -1.27. The van der Waals surface area contributed by atoms with Gasteiger partial charge in [-0.3, -0.25) is 4.79 Å². The van der Waals surface area contributed by atoms with Crippen LogP contribution in [-0.4, -0.2) is 30.6 Å². The molecule has 1 aromatic carbocycles. The molecule has 0 spiro atoms. The molecule has 0 radical (unpaired) electrons. The first-order valence-corrected chi connectivity index (χ1v) is 7.61. The predicted molar refractivity (Wildman–Crippen MR) is 83.5 cm³/mol. The van der Waals surface area contributed by atoms with Crippen molar-refractivity contribution in [2.45, 2.75) is 32.9 Å². The third-order valence-electron chi connectivity index (χ3n) is 2.57. The molecule has 1 amide bonds. The Bertz CT molecular complexity index is 524. The van der Waals surface area contributed by atoms with Crippen molar-refractivity contribution in [3.8, 4) is 5.75 Å². The minimum atomic E-state index is -0.764. The van der Waals surface area contributed by atoms with E-state index in [4.69, 9.17) is 21.1 Å². The molecule has 2 atom stereocenters. The second kappa shape index (κ2) is 8.24. The zero-order chi connectivity index (χ0) is 16.0. The Kier molecular flexibility index (Phi) is 6.98. The molecule has 1 N–H and O–H groups in total. The van der Waals surface area contributed by atoms with Crippen LogP contribution in [0.3, 0.4) is 0 Å². The third-order valence-corrected chi connectivity index (χ3v) is 3.42. The number of benzene rings is 1. The van der Waals surface area contributed by atoms with Crippen molar-refractivity contribution in [1.29, 1.82) is 0 Å². The first-order chi connectivity index (χ1) is 9.85. The standard InChI is InChI=1S/C14H17BrClNO4/c1-4-20-14(19)8(2)17-13(18)9(3)21-12-6-5-10(16)7-11(12)15/h5-9H,4H2,1-3H3,(H,17,18). The summed E-state index contributed by atoms with van der Waals surface area (Å²) in [7, 11) is 0. The Morgan fingerprint density at radius 3 is 2.62 bits per heavy atom. The number of hydrogen-bond donors (Lipinski definition) is 1. The van der Waals surface area contributed by atoms with E-state index in [1.54, 1.807) is 39.0 Å². The quantitative estimate of drug-likeness (QED) is 0.773. The number of nitrogens with one attached hydrogen (secondary N) is 1. The van der Waals surface area contributed by atoms with Gasteiger partial charge in [0.1, 0.15) is 11.8 Å². The summed E-state index contributed by atoms with van der Waals surface area (Å²) in [5, 5.41) is 3.09. The van der Waals surface area contributed by atoms with E-state index in [1.165, 1.54) is 0 Å². The molecule has 1 rings (SSSR count). The van der Waals surface area contributed by atoms with Crippen molar-refractivity contribution in [1.82, 2.24) is 5.32 Å². The van der Waals surface area contributed by atoms with Crippen molar-refractivity contribution >= 4 is 39.4 Å². The summed E-state index contributed by atoms with van der Waals surface area (Å²) in [6.07, 6.45) is -0.764. The third kappa shape index (κ3) is 5.55. The molecular formula is C14H17BrClNO4. The Morgan fingerprint density at radius 1 is 1.38 bits per heavy atom. The SMILES string of the molecule is CCOC(=O)C(C)NC(=O)C(C)Oc1ccc(Cl)cc1Br. The minimum absolute atomic E-state index is 0.267. The highest BCUT2D eigenvalue weighted by molar-refractivity contribution is 9.10. The highest BCUT2D eigenvalue weighted by atomic mass is 79.9. The second-order valence-corrected chi connectivity index (χ2v) is 5.61. The zero-order valence-electron chi connectivity index (χ0n) is 12.0. The lowest BCUT2D eigenvalue weighted by Crippen LogP contribution is -2.45. The van der Waals surface area contributed by atoms with Crippen LogP contribution in [0.5, 0.6) is 5.75 Å². The van der Waals surface area contributed by atoms with E-state index in [2.05, 4.69) is 21.2 Å². The number of amides is 1. The van der Waals surface area contributed by atoms with Gasteiger partial charge in [0, 0.05) is 5.02 Å². The van der Waals surface area contributed by atoms with E-state index in [-0.39, 0.29) is 6.61 Å². The number of halogens is 2. The van der Waals surface area contributed by atoms with Crippen LogP contribution in [0.15, 0.2) is 22.7 Å². The summed E-state index contributed by atoms with van der Waals surface area (Å²) in [6.45, 7) is 5.12. The number of rotatable bonds is 6. The fourth-order valence-electron chi connectivity index (χ4n) is 1.47. The lowest BCUT2D eigenvalue weighted by molar-refractivity contribution is -0.147. The van der Waals surface area contributed by atoms with Crippen molar-refractivity contribution < 1.29 is 19.1 Å². The van der Waals surface area contributed by atoms with Crippen LogP contribution in [0.2, 0.25) is 5.02 Å². The van der Waals surface area contributed by atoms with Crippen molar-refractivity contribution in [2.24, 2.45) is 0 Å². The van der Waals surface area contributed by atoms with Gasteiger partial charge in [0.25, 0.3) is 5.91 Å². The van der Waals surface area contributed by atoms with E-state index < -0.39 is 24.0 Å². The highest BCUT2D eigenvalue weighted by Crippen LogP contribution is 2.28. The summed E-state index contributed by atoms with van der Waals surface area (Å²) in [4.78, 5) is 23.4. The number of esters is 1. The summed E-state index contributed by atoms with van der Waals surface area (Å²) in [5.41, 5.74) is 0. The number of carbonyl (C=O) groups excluding carboxylic acids is 2. The number of ether oxygens (including phenoxy) is 2. The maximum Gasteiger partial charge on any atom is 0.328 e. The van der Waals surface area contributed by atoms with E-state index in [9.17, 15) is 9.59 Å². The molecule has 0 aromatic heterocycles. The average molecular weight is 379 g/mol. The molecular weight excluding hydrogens is 362 g/mol. The van der Waals surface area contributed by atoms with Crippen LogP contribution in [-0.2, 0) is 14.3 Å². The van der Waals surface area contributed by atoms with Crippen molar-refractivity contribution in [3.05, 3.63) is 27.7 Å². The van der Waals surface area contributed by atoms with Crippen LogP contribution < -0.4 is 10.1 Å². The topological polar surface area (TPSA) is 64.6 Å². The molecule has 116 valence electrons. The maximum absolute atomic E-state index is 12.0. The zero-order valence-corrected chi connectivity index (χ0v) is 14.3. The van der Waals surface area contributed by atoms with E-state index in [0.29, 0.717) is 15.2 Å². The highest BCUT2D eigenvalue weighted by Gasteiger charge is 2.22. The summed E-state index contributed by atoms with van der Waals surface area (Å²) < 4.78 is 11.0. The van der Waals surface area contributed by atoms with Crippen LogP contribution >= 0.6 is 27.5 Å². The van der Waals surface area contributed by atoms with Gasteiger partial charge < -0.3 is 14.8 Å². The number of carbonyl (C=O) groups is 2. The molecule has 21 heavy (non-hydrogen) atoms. The molecule has 0 heterocycles. The summed E-state index contributed by atoms with van der Waals surface area (Å²) in [5.74, 6) is -0.394. The molecule has 0 fully saturated rings. The van der Waals surface area contributed by atoms with Crippen molar-refractivity contribution in [3.63, 3.8) is 0 Å². The largest absolute Gasteiger partial charge is 0.480 e. The van der Waals surface area contributed by atoms with Gasteiger partial charge in [0.15, 0.2) is 6.10 Å². The van der Waals surface area contributed by atoms with Gasteiger partial charge in [-0.15, -0.1) is 0 Å². The van der Waals surface area contributed by atoms with Gasteiger partial charge in [0.2, 0.25) is 0 Å². The van der Waals surface area contributed by atoms with E-state index in [0.717, 1.165) is 0 Å². The lowest BCUT2D eigenvalue weighted by atomic mass is 10.3. The maximum atomic E-state index is 12.0. The van der Waals surface area contributed by atoms with Gasteiger partial charge in [-0.1, -0.05) is 11.6 Å². The fraction of sp³-hybridized carbons (Fsp3) is 0.429. The van der Waals surface area contributed by atoms with Gasteiger partial charge in [-0.25, -0.2) is 4.79 Å². The molecule has 5 nitrogen and oxygen atoms in total. The van der Waals surface area contributed by atoms with Gasteiger partial charge >= 0.3 is 5.97 Å². The van der Waals surface area contributed by atoms with Crippen LogP contribution in [0.25, 0.3) is 0 Å². The average Bonchev–Trinajstić information content (AvgIpc) is 2.41. The molecule has 0 aliphatic carbocycles. The van der Waals surface area contributed by atoms with Gasteiger partial charge in [0.05, 0.1) is 11.1 Å². The van der Waals surface area contributed by atoms with Gasteiger partial charge in [-0.05, 0) is 54.9 Å². The monoisotopic (exact) mass is 377 g/mol. The van der Waals surface area contributed by atoms with Crippen molar-refractivity contribution in [2.75, 3.05) is 6.61 Å². The van der Waals surface area contributed by atoms with E-state index >= 15 is 0 Å². The van der Waals surface area contributed by atoms with Crippen LogP contribution in [0.1, 0.15) is 20.8 Å². The summed E-state index contributed by atoms with van der Waals surface area (Å²) in [6, 6.07) is 4.26. The lowest BCUT2D eigenvalue weighted by Gasteiger charge is -2.18. The van der Waals surface area contributed by atoms with Gasteiger partial charge in [-0.2, -0.15) is 0 Å². The second-order valence-electron chi connectivity index (χ2n) is 4.32.